The highest BCUT2D eigenvalue weighted by atomic mass is 16.1. The maximum Gasteiger partial charge on any atom is 0.157 e. The Hall–Kier alpha value is -0.590. The van der Waals surface area contributed by atoms with Gasteiger partial charge in [0.2, 0.25) is 0 Å². The van der Waals surface area contributed by atoms with E-state index in [2.05, 4.69) is 6.92 Å². The highest BCUT2D eigenvalue weighted by molar-refractivity contribution is 5.91. The van der Waals surface area contributed by atoms with E-state index in [1.54, 1.807) is 6.08 Å². The lowest BCUT2D eigenvalue weighted by Crippen LogP contribution is -2.01. The molecule has 70 valence electrons. The van der Waals surface area contributed by atoms with Crippen LogP contribution in [0, 0.1) is 5.92 Å². The van der Waals surface area contributed by atoms with Gasteiger partial charge in [0.1, 0.15) is 0 Å². The molecule has 0 amide bonds. The van der Waals surface area contributed by atoms with Gasteiger partial charge in [-0.3, -0.25) is 4.79 Å². The van der Waals surface area contributed by atoms with Crippen molar-refractivity contribution in [2.24, 2.45) is 5.92 Å². The molecule has 0 spiro atoms. The fraction of sp³-hybridized carbons (Fsp3) is 0.727. The zero-order valence-corrected chi connectivity index (χ0v) is 8.47. The van der Waals surface area contributed by atoms with Crippen molar-refractivity contribution in [3.05, 3.63) is 12.2 Å². The first-order valence-corrected chi connectivity index (χ1v) is 4.88. The van der Waals surface area contributed by atoms with E-state index in [1.165, 1.54) is 19.3 Å². The van der Waals surface area contributed by atoms with Crippen LogP contribution < -0.4 is 0 Å². The van der Waals surface area contributed by atoms with Crippen molar-refractivity contribution < 1.29 is 4.79 Å². The summed E-state index contributed by atoms with van der Waals surface area (Å²) >= 11 is 0. The minimum atomic E-state index is 0.146. The van der Waals surface area contributed by atoms with Gasteiger partial charge in [-0.25, -0.2) is 0 Å². The summed E-state index contributed by atoms with van der Waals surface area (Å²) in [5, 5.41) is 0. The van der Waals surface area contributed by atoms with Crippen molar-refractivity contribution in [2.45, 2.75) is 46.5 Å². The molecule has 0 N–H and O–H groups in total. The number of carbonyl (C=O) groups is 1. The lowest BCUT2D eigenvalue weighted by Gasteiger charge is -1.96. The molecule has 0 bridgehead atoms. The third kappa shape index (κ3) is 6.14. The Balaban J connectivity index is 3.42. The van der Waals surface area contributed by atoms with Crippen molar-refractivity contribution >= 4 is 5.78 Å². The Bertz CT molecular complexity index is 145. The van der Waals surface area contributed by atoms with Crippen molar-refractivity contribution in [3.8, 4) is 0 Å². The van der Waals surface area contributed by atoms with Crippen molar-refractivity contribution in [3.63, 3.8) is 0 Å². The first kappa shape index (κ1) is 11.4. The minimum Gasteiger partial charge on any atom is -0.295 e. The molecular weight excluding hydrogens is 148 g/mol. The second-order valence-electron chi connectivity index (χ2n) is 3.46. The maximum absolute atomic E-state index is 11.1. The quantitative estimate of drug-likeness (QED) is 0.439. The van der Waals surface area contributed by atoms with E-state index in [0.29, 0.717) is 0 Å². The summed E-state index contributed by atoms with van der Waals surface area (Å²) in [7, 11) is 0. The van der Waals surface area contributed by atoms with E-state index >= 15 is 0 Å². The number of rotatable bonds is 6. The molecule has 0 radical (unpaired) electrons. The van der Waals surface area contributed by atoms with E-state index in [0.717, 1.165) is 6.42 Å². The minimum absolute atomic E-state index is 0.146. The van der Waals surface area contributed by atoms with Gasteiger partial charge in [-0.15, -0.1) is 0 Å². The monoisotopic (exact) mass is 168 g/mol. The lowest BCUT2D eigenvalue weighted by atomic mass is 10.1. The molecule has 0 aromatic carbocycles. The van der Waals surface area contributed by atoms with Crippen LogP contribution in [0.15, 0.2) is 12.2 Å². The van der Waals surface area contributed by atoms with Crippen LogP contribution in [-0.4, -0.2) is 5.78 Å². The predicted octanol–water partition coefficient (Wildman–Crippen LogP) is 3.35. The van der Waals surface area contributed by atoms with E-state index in [4.69, 9.17) is 0 Å². The van der Waals surface area contributed by atoms with Crippen LogP contribution in [0.5, 0.6) is 0 Å². The normalized spacial score (nSPS) is 11.3. The number of carbonyl (C=O) groups excluding carboxylic acids is 1. The largest absolute Gasteiger partial charge is 0.295 e. The summed E-state index contributed by atoms with van der Waals surface area (Å²) in [6, 6.07) is 0. The van der Waals surface area contributed by atoms with Crippen LogP contribution in [0.3, 0.4) is 0 Å². The fourth-order valence-electron chi connectivity index (χ4n) is 0.904. The standard InChI is InChI=1S/C11H20O/c1-4-5-6-7-8-9-11(12)10(2)3/h8-10H,4-7H2,1-3H3/b9-8+. The number of hydrogen-bond acceptors (Lipinski definition) is 1. The molecular formula is C11H20O. The number of ketones is 1. The van der Waals surface area contributed by atoms with Crippen molar-refractivity contribution in [1.29, 1.82) is 0 Å². The Morgan fingerprint density at radius 2 is 2.00 bits per heavy atom. The second kappa shape index (κ2) is 7.08. The molecule has 0 saturated heterocycles. The van der Waals surface area contributed by atoms with E-state index in [9.17, 15) is 4.79 Å². The first-order chi connectivity index (χ1) is 5.68. The molecule has 12 heavy (non-hydrogen) atoms. The lowest BCUT2D eigenvalue weighted by molar-refractivity contribution is -0.117. The van der Waals surface area contributed by atoms with E-state index in [1.807, 2.05) is 19.9 Å². The third-order valence-electron chi connectivity index (χ3n) is 1.83. The molecule has 0 fully saturated rings. The Kier molecular flexibility index (Phi) is 6.73. The summed E-state index contributed by atoms with van der Waals surface area (Å²) < 4.78 is 0. The molecule has 0 aromatic heterocycles. The fourth-order valence-corrected chi connectivity index (χ4v) is 0.904. The molecule has 1 heteroatoms. The smallest absolute Gasteiger partial charge is 0.157 e. The molecule has 0 aliphatic rings. The predicted molar refractivity (Wildman–Crippen MR) is 53.1 cm³/mol. The Morgan fingerprint density at radius 3 is 2.50 bits per heavy atom. The summed E-state index contributed by atoms with van der Waals surface area (Å²) in [4.78, 5) is 11.1. The molecule has 1 nitrogen and oxygen atoms in total. The molecule has 0 rings (SSSR count). The average molecular weight is 168 g/mol. The van der Waals surface area contributed by atoms with E-state index < -0.39 is 0 Å². The summed E-state index contributed by atoms with van der Waals surface area (Å²) in [6.07, 6.45) is 8.48. The topological polar surface area (TPSA) is 17.1 Å². The molecule has 0 saturated carbocycles. The SMILES string of the molecule is CCCCC/C=C/C(=O)C(C)C. The molecule has 0 aliphatic heterocycles. The summed E-state index contributed by atoms with van der Waals surface area (Å²) in [6.45, 7) is 6.04. The molecule has 0 heterocycles. The van der Waals surface area contributed by atoms with Gasteiger partial charge in [-0.2, -0.15) is 0 Å². The molecule has 0 atom stereocenters. The van der Waals surface area contributed by atoms with Gasteiger partial charge in [0.05, 0.1) is 0 Å². The number of allylic oxidation sites excluding steroid dienone is 2. The van der Waals surface area contributed by atoms with Crippen molar-refractivity contribution in [2.75, 3.05) is 0 Å². The Labute approximate surface area is 75.9 Å². The second-order valence-corrected chi connectivity index (χ2v) is 3.46. The van der Waals surface area contributed by atoms with Gasteiger partial charge in [-0.1, -0.05) is 39.7 Å². The van der Waals surface area contributed by atoms with Crippen LogP contribution in [0.1, 0.15) is 46.5 Å². The van der Waals surface area contributed by atoms with Gasteiger partial charge < -0.3 is 0 Å². The molecule has 0 aliphatic carbocycles. The number of unbranched alkanes of at least 4 members (excludes halogenated alkanes) is 3. The highest BCUT2D eigenvalue weighted by Crippen LogP contribution is 2.01. The van der Waals surface area contributed by atoms with Crippen LogP contribution in [0.25, 0.3) is 0 Å². The van der Waals surface area contributed by atoms with Gasteiger partial charge >= 0.3 is 0 Å². The number of hydrogen-bond donors (Lipinski definition) is 0. The van der Waals surface area contributed by atoms with Gasteiger partial charge in [0, 0.05) is 5.92 Å². The van der Waals surface area contributed by atoms with Crippen LogP contribution in [0.2, 0.25) is 0 Å². The summed E-state index contributed by atoms with van der Waals surface area (Å²) in [5.41, 5.74) is 0. The average Bonchev–Trinajstić information content (AvgIpc) is 2.03. The first-order valence-electron chi connectivity index (χ1n) is 4.88. The third-order valence-corrected chi connectivity index (χ3v) is 1.83. The van der Waals surface area contributed by atoms with Crippen molar-refractivity contribution in [1.82, 2.24) is 0 Å². The van der Waals surface area contributed by atoms with Gasteiger partial charge in [0.15, 0.2) is 5.78 Å². The van der Waals surface area contributed by atoms with Crippen LogP contribution in [0.4, 0.5) is 0 Å². The maximum atomic E-state index is 11.1. The Morgan fingerprint density at radius 1 is 1.33 bits per heavy atom. The van der Waals surface area contributed by atoms with Gasteiger partial charge in [-0.05, 0) is 18.9 Å². The molecule has 0 unspecified atom stereocenters. The highest BCUT2D eigenvalue weighted by Gasteiger charge is 2.00. The van der Waals surface area contributed by atoms with Crippen LogP contribution >= 0.6 is 0 Å². The zero-order chi connectivity index (χ0) is 9.40. The summed E-state index contributed by atoms with van der Waals surface area (Å²) in [5.74, 6) is 0.388. The molecule has 0 aromatic rings. The van der Waals surface area contributed by atoms with Crippen LogP contribution in [-0.2, 0) is 4.79 Å². The zero-order valence-electron chi connectivity index (χ0n) is 8.47. The van der Waals surface area contributed by atoms with E-state index in [-0.39, 0.29) is 11.7 Å². The van der Waals surface area contributed by atoms with Gasteiger partial charge in [0.25, 0.3) is 0 Å².